The fraction of sp³-hybridized carbons (Fsp3) is 0.786. The number of aliphatic hydroxyl groups is 1. The number of phosphoric ester groups is 1. The zero-order chi connectivity index (χ0) is 37.9. The molecule has 3 unspecified atom stereocenters. The summed E-state index contributed by atoms with van der Waals surface area (Å²) in [4.78, 5) is 25.2. The van der Waals surface area contributed by atoms with Crippen LogP contribution in [0.5, 0.6) is 0 Å². The predicted octanol–water partition coefficient (Wildman–Crippen LogP) is 10.3. The molecule has 3 atom stereocenters. The number of allylic oxidation sites excluding steroid dienone is 7. The molecule has 0 aromatic heterocycles. The second-order valence-electron chi connectivity index (χ2n) is 15.0. The molecule has 0 radical (unpaired) electrons. The summed E-state index contributed by atoms with van der Waals surface area (Å²) < 4.78 is 23.1. The van der Waals surface area contributed by atoms with Gasteiger partial charge in [-0.3, -0.25) is 9.36 Å². The first-order chi connectivity index (χ1) is 24.5. The molecule has 298 valence electrons. The van der Waals surface area contributed by atoms with Crippen LogP contribution < -0.4 is 10.2 Å². The summed E-state index contributed by atoms with van der Waals surface area (Å²) in [6, 6.07) is -0.909. The number of carbonyl (C=O) groups excluding carboxylic acids is 1. The zero-order valence-corrected chi connectivity index (χ0v) is 34.4. The Balaban J connectivity index is 4.58. The molecule has 8 nitrogen and oxygen atoms in total. The van der Waals surface area contributed by atoms with Crippen molar-refractivity contribution in [3.8, 4) is 0 Å². The molecule has 0 spiro atoms. The number of amides is 1. The van der Waals surface area contributed by atoms with E-state index in [1.54, 1.807) is 6.08 Å². The molecule has 0 bridgehead atoms. The number of hydrogen-bond acceptors (Lipinski definition) is 6. The van der Waals surface area contributed by atoms with Gasteiger partial charge in [-0.05, 0) is 64.2 Å². The molecule has 0 aliphatic rings. The number of phosphoric acid groups is 1. The largest absolute Gasteiger partial charge is 0.756 e. The van der Waals surface area contributed by atoms with Crippen molar-refractivity contribution in [2.24, 2.45) is 0 Å². The van der Waals surface area contributed by atoms with Gasteiger partial charge in [0.2, 0.25) is 5.91 Å². The topological polar surface area (TPSA) is 108 Å². The van der Waals surface area contributed by atoms with Gasteiger partial charge in [-0.15, -0.1) is 0 Å². The first-order valence-corrected chi connectivity index (χ1v) is 22.0. The molecule has 9 heteroatoms. The Hall–Kier alpha value is -1.54. The van der Waals surface area contributed by atoms with Crippen LogP contribution in [0.25, 0.3) is 0 Å². The number of rotatable bonds is 36. The van der Waals surface area contributed by atoms with Crippen LogP contribution in [0.3, 0.4) is 0 Å². The highest BCUT2D eigenvalue weighted by Crippen LogP contribution is 2.38. The van der Waals surface area contributed by atoms with E-state index < -0.39 is 26.6 Å². The van der Waals surface area contributed by atoms with E-state index in [4.69, 9.17) is 9.05 Å². The summed E-state index contributed by atoms with van der Waals surface area (Å²) in [6.45, 7) is 4.55. The van der Waals surface area contributed by atoms with Crippen LogP contribution in [0.4, 0.5) is 0 Å². The fourth-order valence-corrected chi connectivity index (χ4v) is 6.15. The molecule has 51 heavy (non-hydrogen) atoms. The van der Waals surface area contributed by atoms with Crippen LogP contribution in [-0.4, -0.2) is 68.5 Å². The number of aliphatic hydroxyl groups excluding tert-OH is 1. The Morgan fingerprint density at radius 3 is 1.75 bits per heavy atom. The van der Waals surface area contributed by atoms with Gasteiger partial charge in [-0.2, -0.15) is 0 Å². The van der Waals surface area contributed by atoms with E-state index >= 15 is 0 Å². The predicted molar refractivity (Wildman–Crippen MR) is 214 cm³/mol. The zero-order valence-electron chi connectivity index (χ0n) is 33.5. The third-order valence-corrected chi connectivity index (χ3v) is 9.73. The van der Waals surface area contributed by atoms with Crippen molar-refractivity contribution in [1.29, 1.82) is 0 Å². The van der Waals surface area contributed by atoms with Crippen LogP contribution in [-0.2, 0) is 18.4 Å². The monoisotopic (exact) mass is 739 g/mol. The fourth-order valence-electron chi connectivity index (χ4n) is 5.43. The lowest BCUT2D eigenvalue weighted by atomic mass is 10.1. The number of quaternary nitrogens is 1. The molecule has 0 aliphatic heterocycles. The summed E-state index contributed by atoms with van der Waals surface area (Å²) in [5.74, 6) is -0.225. The van der Waals surface area contributed by atoms with Crippen LogP contribution >= 0.6 is 7.82 Å². The van der Waals surface area contributed by atoms with Gasteiger partial charge < -0.3 is 28.8 Å². The SMILES string of the molecule is CCCCC/C=C\C/C=C\CCCCCCCC(=O)NC(COP(=O)([O-])OCC[N+](C)(C)C)C(O)/C=C/CC/C=C/CCCCCCCCCC. The lowest BCUT2D eigenvalue weighted by molar-refractivity contribution is -0.870. The minimum atomic E-state index is -4.59. The molecule has 0 fully saturated rings. The standard InChI is InChI=1S/C42H79N2O6P/c1-6-8-10-12-14-16-18-20-22-24-26-28-30-32-34-36-42(46)43-40(39-50-51(47,48)49-38-37-44(3,4)5)41(45)35-33-31-29-27-25-23-21-19-17-15-13-11-9-7-2/h14,16,20,22,25,27,33,35,40-41,45H,6-13,15,17-19,21,23-24,26,28-32,34,36-39H2,1-5H3,(H-,43,46,47,48)/b16-14-,22-20-,27-25+,35-33+. The normalized spacial score (nSPS) is 15.0. The molecular formula is C42H79N2O6P. The van der Waals surface area contributed by atoms with Crippen molar-refractivity contribution < 1.29 is 32.9 Å². The van der Waals surface area contributed by atoms with Crippen molar-refractivity contribution in [1.82, 2.24) is 5.32 Å². The van der Waals surface area contributed by atoms with Crippen LogP contribution in [0.2, 0.25) is 0 Å². The summed E-state index contributed by atoms with van der Waals surface area (Å²) in [5, 5.41) is 13.7. The summed E-state index contributed by atoms with van der Waals surface area (Å²) in [6.07, 6.45) is 41.5. The second-order valence-corrected chi connectivity index (χ2v) is 16.4. The van der Waals surface area contributed by atoms with E-state index in [1.807, 2.05) is 27.2 Å². The first-order valence-electron chi connectivity index (χ1n) is 20.5. The Labute approximate surface area is 314 Å². The van der Waals surface area contributed by atoms with E-state index in [1.165, 1.54) is 77.0 Å². The third-order valence-electron chi connectivity index (χ3n) is 8.76. The molecule has 0 aromatic rings. The molecule has 1 amide bonds. The van der Waals surface area contributed by atoms with Crippen molar-refractivity contribution in [3.05, 3.63) is 48.6 Å². The van der Waals surface area contributed by atoms with E-state index in [0.29, 0.717) is 17.4 Å². The quantitative estimate of drug-likeness (QED) is 0.0287. The number of hydrogen-bond donors (Lipinski definition) is 2. The number of likely N-dealkylation sites (N-methyl/N-ethyl adjacent to an activating group) is 1. The van der Waals surface area contributed by atoms with Crippen LogP contribution in [0, 0.1) is 0 Å². The van der Waals surface area contributed by atoms with Gasteiger partial charge in [0.05, 0.1) is 39.9 Å². The molecule has 0 rings (SSSR count). The molecule has 2 N–H and O–H groups in total. The van der Waals surface area contributed by atoms with Crippen molar-refractivity contribution in [2.75, 3.05) is 40.9 Å². The molecule has 0 aromatic carbocycles. The number of nitrogens with zero attached hydrogens (tertiary/aromatic N) is 1. The maximum absolute atomic E-state index is 12.8. The van der Waals surface area contributed by atoms with E-state index in [9.17, 15) is 19.4 Å². The van der Waals surface area contributed by atoms with E-state index in [2.05, 4.69) is 55.6 Å². The lowest BCUT2D eigenvalue weighted by Crippen LogP contribution is -2.45. The van der Waals surface area contributed by atoms with Gasteiger partial charge in [0.25, 0.3) is 7.82 Å². The molecule has 0 heterocycles. The molecule has 0 saturated carbocycles. The number of unbranched alkanes of at least 4 members (excludes halogenated alkanes) is 17. The smallest absolute Gasteiger partial charge is 0.268 e. The van der Waals surface area contributed by atoms with Gasteiger partial charge >= 0.3 is 0 Å². The summed E-state index contributed by atoms with van der Waals surface area (Å²) in [7, 11) is 1.23. The minimum Gasteiger partial charge on any atom is -0.756 e. The van der Waals surface area contributed by atoms with Gasteiger partial charge in [0.15, 0.2) is 0 Å². The Morgan fingerprint density at radius 2 is 1.16 bits per heavy atom. The Bertz CT molecular complexity index is 975. The first kappa shape index (κ1) is 49.5. The number of nitrogens with one attached hydrogen (secondary N) is 1. The van der Waals surface area contributed by atoms with Crippen LogP contribution in [0.15, 0.2) is 48.6 Å². The summed E-state index contributed by atoms with van der Waals surface area (Å²) in [5.41, 5.74) is 0. The highest BCUT2D eigenvalue weighted by molar-refractivity contribution is 7.45. The lowest BCUT2D eigenvalue weighted by Gasteiger charge is -2.29. The van der Waals surface area contributed by atoms with Gasteiger partial charge in [0, 0.05) is 6.42 Å². The second kappa shape index (κ2) is 34.2. The average Bonchev–Trinajstić information content (AvgIpc) is 3.07. The van der Waals surface area contributed by atoms with Crippen LogP contribution in [0.1, 0.15) is 162 Å². The Morgan fingerprint density at radius 1 is 0.686 bits per heavy atom. The van der Waals surface area contributed by atoms with E-state index in [0.717, 1.165) is 64.2 Å². The van der Waals surface area contributed by atoms with Crippen molar-refractivity contribution >= 4 is 13.7 Å². The number of carbonyl (C=O) groups is 1. The van der Waals surface area contributed by atoms with Gasteiger partial charge in [-0.1, -0.05) is 140 Å². The minimum absolute atomic E-state index is 0.0108. The van der Waals surface area contributed by atoms with E-state index in [-0.39, 0.29) is 12.5 Å². The van der Waals surface area contributed by atoms with Gasteiger partial charge in [0.1, 0.15) is 13.2 Å². The maximum atomic E-state index is 12.8. The highest BCUT2D eigenvalue weighted by atomic mass is 31.2. The van der Waals surface area contributed by atoms with Crippen molar-refractivity contribution in [3.63, 3.8) is 0 Å². The maximum Gasteiger partial charge on any atom is 0.268 e. The summed E-state index contributed by atoms with van der Waals surface area (Å²) >= 11 is 0. The van der Waals surface area contributed by atoms with Crippen molar-refractivity contribution in [2.45, 2.75) is 174 Å². The molecule has 0 saturated heterocycles. The third kappa shape index (κ3) is 36.6. The average molecular weight is 739 g/mol. The Kier molecular flexibility index (Phi) is 33.2. The van der Waals surface area contributed by atoms with Gasteiger partial charge in [-0.25, -0.2) is 0 Å². The molecule has 0 aliphatic carbocycles. The molecular weight excluding hydrogens is 659 g/mol. The highest BCUT2D eigenvalue weighted by Gasteiger charge is 2.23.